The molecule has 7 nitrogen and oxygen atoms in total. The third-order valence-corrected chi connectivity index (χ3v) is 6.56. The molecule has 0 radical (unpaired) electrons. The molecule has 1 atom stereocenters. The van der Waals surface area contributed by atoms with E-state index in [1.807, 2.05) is 47.0 Å². The fraction of sp³-hybridized carbons (Fsp3) is 0.296. The van der Waals surface area contributed by atoms with E-state index in [9.17, 15) is 4.79 Å². The molecule has 0 aliphatic carbocycles. The largest absolute Gasteiger partial charge is 0.349 e. The van der Waals surface area contributed by atoms with E-state index in [0.717, 1.165) is 48.5 Å². The van der Waals surface area contributed by atoms with Gasteiger partial charge in [-0.2, -0.15) is 4.98 Å². The topological polar surface area (TPSA) is 83.3 Å². The molecule has 7 heteroatoms. The predicted molar refractivity (Wildman–Crippen MR) is 135 cm³/mol. The van der Waals surface area contributed by atoms with Gasteiger partial charge in [0, 0.05) is 22.9 Å². The van der Waals surface area contributed by atoms with Gasteiger partial charge in [-0.05, 0) is 82.1 Å². The molecular formula is C27H30N6O. The summed E-state index contributed by atoms with van der Waals surface area (Å²) in [5, 5.41) is 14.5. The van der Waals surface area contributed by atoms with E-state index in [0.29, 0.717) is 17.4 Å². The van der Waals surface area contributed by atoms with Crippen LogP contribution < -0.4 is 16.0 Å². The molecule has 1 amide bonds. The lowest BCUT2D eigenvalue weighted by Gasteiger charge is -2.28. The first kappa shape index (κ1) is 22.1. The van der Waals surface area contributed by atoms with Gasteiger partial charge < -0.3 is 16.0 Å². The van der Waals surface area contributed by atoms with Crippen molar-refractivity contribution in [2.45, 2.75) is 32.7 Å². The molecule has 1 saturated heterocycles. The summed E-state index contributed by atoms with van der Waals surface area (Å²) >= 11 is 0. The second-order valence-electron chi connectivity index (χ2n) is 9.03. The van der Waals surface area contributed by atoms with Crippen molar-refractivity contribution in [3.05, 3.63) is 77.9 Å². The number of pyridine rings is 1. The highest BCUT2D eigenvalue weighted by molar-refractivity contribution is 5.94. The molecular weight excluding hydrogens is 424 g/mol. The maximum atomic E-state index is 12.7. The average Bonchev–Trinajstić information content (AvgIpc) is 3.28. The standard InChI is InChI=1S/C27H30N6O/c1-18-6-8-21(9-7-18)24-4-3-5-25-31-27(32-33(24)25)30-23-12-10-22(11-13-23)26(34)29-19(2)20-14-16-28-17-15-20/h3-13,19-20,28H,14-17H2,1-2H3,(H,29,34)(H,30,32). The third-order valence-electron chi connectivity index (χ3n) is 6.56. The number of amides is 1. The van der Waals surface area contributed by atoms with Crippen LogP contribution in [0.25, 0.3) is 16.9 Å². The quantitative estimate of drug-likeness (QED) is 0.398. The summed E-state index contributed by atoms with van der Waals surface area (Å²) < 4.78 is 1.84. The van der Waals surface area contributed by atoms with E-state index in [4.69, 9.17) is 0 Å². The lowest BCUT2D eigenvalue weighted by molar-refractivity contribution is 0.0920. The summed E-state index contributed by atoms with van der Waals surface area (Å²) in [6.45, 7) is 6.22. The van der Waals surface area contributed by atoms with Crippen molar-refractivity contribution in [2.24, 2.45) is 5.92 Å². The summed E-state index contributed by atoms with van der Waals surface area (Å²) in [4.78, 5) is 17.3. The Morgan fingerprint density at radius 2 is 1.76 bits per heavy atom. The number of anilines is 2. The molecule has 3 N–H and O–H groups in total. The Morgan fingerprint density at radius 1 is 1.03 bits per heavy atom. The second kappa shape index (κ2) is 9.65. The number of piperidine rings is 1. The van der Waals surface area contributed by atoms with Crippen molar-refractivity contribution in [3.8, 4) is 11.3 Å². The Balaban J connectivity index is 1.28. The van der Waals surface area contributed by atoms with E-state index in [-0.39, 0.29) is 11.9 Å². The van der Waals surface area contributed by atoms with Gasteiger partial charge in [0.2, 0.25) is 5.95 Å². The van der Waals surface area contributed by atoms with Gasteiger partial charge in [0.15, 0.2) is 5.65 Å². The average molecular weight is 455 g/mol. The van der Waals surface area contributed by atoms with Crippen LogP contribution in [0.3, 0.4) is 0 Å². The minimum Gasteiger partial charge on any atom is -0.349 e. The van der Waals surface area contributed by atoms with Crippen LogP contribution in [0.2, 0.25) is 0 Å². The number of benzene rings is 2. The van der Waals surface area contributed by atoms with Gasteiger partial charge in [-0.1, -0.05) is 35.9 Å². The summed E-state index contributed by atoms with van der Waals surface area (Å²) in [6, 6.07) is 21.9. The fourth-order valence-electron chi connectivity index (χ4n) is 4.49. The monoisotopic (exact) mass is 454 g/mol. The Labute approximate surface area is 199 Å². The second-order valence-corrected chi connectivity index (χ2v) is 9.03. The summed E-state index contributed by atoms with van der Waals surface area (Å²) in [5.41, 5.74) is 5.53. The fourth-order valence-corrected chi connectivity index (χ4v) is 4.49. The summed E-state index contributed by atoms with van der Waals surface area (Å²) in [7, 11) is 0. The van der Waals surface area contributed by atoms with Crippen molar-refractivity contribution >= 4 is 23.2 Å². The van der Waals surface area contributed by atoms with Crippen molar-refractivity contribution in [3.63, 3.8) is 0 Å². The maximum Gasteiger partial charge on any atom is 0.251 e. The number of hydrogen-bond donors (Lipinski definition) is 3. The molecule has 1 fully saturated rings. The molecule has 1 aliphatic heterocycles. The van der Waals surface area contributed by atoms with Gasteiger partial charge in [-0.3, -0.25) is 4.79 Å². The smallest absolute Gasteiger partial charge is 0.251 e. The maximum absolute atomic E-state index is 12.7. The van der Waals surface area contributed by atoms with Crippen LogP contribution in [0.1, 0.15) is 35.7 Å². The zero-order chi connectivity index (χ0) is 23.5. The number of aryl methyl sites for hydroxylation is 1. The van der Waals surface area contributed by atoms with Crippen LogP contribution in [0.4, 0.5) is 11.6 Å². The van der Waals surface area contributed by atoms with Gasteiger partial charge in [0.25, 0.3) is 5.91 Å². The number of carbonyl (C=O) groups excluding carboxylic acids is 1. The first-order valence-electron chi connectivity index (χ1n) is 11.9. The van der Waals surface area contributed by atoms with E-state index >= 15 is 0 Å². The van der Waals surface area contributed by atoms with Crippen molar-refractivity contribution in [1.82, 2.24) is 25.2 Å². The first-order chi connectivity index (χ1) is 16.6. The van der Waals surface area contributed by atoms with Gasteiger partial charge in [0.1, 0.15) is 0 Å². The number of rotatable bonds is 6. The third kappa shape index (κ3) is 4.79. The predicted octanol–water partition coefficient (Wildman–Crippen LogP) is 4.57. The number of nitrogens with one attached hydrogen (secondary N) is 3. The molecule has 3 heterocycles. The molecule has 2 aromatic carbocycles. The minimum absolute atomic E-state index is 0.0359. The molecule has 0 saturated carbocycles. The van der Waals surface area contributed by atoms with Crippen LogP contribution >= 0.6 is 0 Å². The van der Waals surface area contributed by atoms with Crippen molar-refractivity contribution < 1.29 is 4.79 Å². The van der Waals surface area contributed by atoms with Crippen molar-refractivity contribution in [1.29, 1.82) is 0 Å². The number of nitrogens with zero attached hydrogens (tertiary/aromatic N) is 3. The minimum atomic E-state index is -0.0359. The van der Waals surface area contributed by atoms with Crippen LogP contribution in [0.5, 0.6) is 0 Å². The number of carbonyl (C=O) groups is 1. The van der Waals surface area contributed by atoms with Crippen LogP contribution in [-0.4, -0.2) is 39.6 Å². The highest BCUT2D eigenvalue weighted by atomic mass is 16.1. The molecule has 1 aliphatic rings. The zero-order valence-electron chi connectivity index (χ0n) is 19.6. The van der Waals surface area contributed by atoms with E-state index < -0.39 is 0 Å². The Bertz CT molecular complexity index is 1270. The highest BCUT2D eigenvalue weighted by Gasteiger charge is 2.21. The van der Waals surface area contributed by atoms with E-state index in [1.165, 1.54) is 5.56 Å². The van der Waals surface area contributed by atoms with E-state index in [1.54, 1.807) is 0 Å². The lowest BCUT2D eigenvalue weighted by atomic mass is 9.91. The molecule has 4 aromatic rings. The number of fused-ring (bicyclic) bond motifs is 1. The molecule has 174 valence electrons. The summed E-state index contributed by atoms with van der Waals surface area (Å²) in [5.74, 6) is 1.000. The molecule has 0 spiro atoms. The molecule has 0 bridgehead atoms. The van der Waals surface area contributed by atoms with Gasteiger partial charge in [-0.15, -0.1) is 5.10 Å². The Morgan fingerprint density at radius 3 is 2.50 bits per heavy atom. The molecule has 2 aromatic heterocycles. The Kier molecular flexibility index (Phi) is 6.27. The lowest BCUT2D eigenvalue weighted by Crippen LogP contribution is -2.42. The first-order valence-corrected chi connectivity index (χ1v) is 11.9. The van der Waals surface area contributed by atoms with Gasteiger partial charge >= 0.3 is 0 Å². The molecule has 5 rings (SSSR count). The summed E-state index contributed by atoms with van der Waals surface area (Å²) in [6.07, 6.45) is 2.20. The zero-order valence-corrected chi connectivity index (χ0v) is 19.6. The van der Waals surface area contributed by atoms with Crippen LogP contribution in [0.15, 0.2) is 66.7 Å². The molecule has 1 unspecified atom stereocenters. The van der Waals surface area contributed by atoms with Crippen LogP contribution in [-0.2, 0) is 0 Å². The van der Waals surface area contributed by atoms with Crippen molar-refractivity contribution in [2.75, 3.05) is 18.4 Å². The SMILES string of the molecule is Cc1ccc(-c2cccc3nc(Nc4ccc(C(=O)NC(C)C5CCNCC5)cc4)nn23)cc1. The number of aromatic nitrogens is 3. The normalized spacial score (nSPS) is 15.2. The van der Waals surface area contributed by atoms with Crippen LogP contribution in [0, 0.1) is 12.8 Å². The highest BCUT2D eigenvalue weighted by Crippen LogP contribution is 2.23. The van der Waals surface area contributed by atoms with Gasteiger partial charge in [-0.25, -0.2) is 4.52 Å². The van der Waals surface area contributed by atoms with Gasteiger partial charge in [0.05, 0.1) is 5.69 Å². The number of hydrogen-bond acceptors (Lipinski definition) is 5. The van der Waals surface area contributed by atoms with E-state index in [2.05, 4.69) is 64.1 Å². The molecule has 34 heavy (non-hydrogen) atoms. The Hall–Kier alpha value is -3.71.